The number of hydrogen-bond acceptors (Lipinski definition) is 5. The lowest BCUT2D eigenvalue weighted by Crippen LogP contribution is -2.16. The van der Waals surface area contributed by atoms with Crippen molar-refractivity contribution in [3.63, 3.8) is 0 Å². The van der Waals surface area contributed by atoms with Crippen molar-refractivity contribution in [1.29, 1.82) is 0 Å². The molecule has 1 aliphatic heterocycles. The van der Waals surface area contributed by atoms with Crippen molar-refractivity contribution in [3.05, 3.63) is 6.33 Å². The van der Waals surface area contributed by atoms with Crippen LogP contribution in [0.2, 0.25) is 0 Å². The summed E-state index contributed by atoms with van der Waals surface area (Å²) >= 11 is 1.39. The third-order valence-electron chi connectivity index (χ3n) is 2.13. The monoisotopic (exact) mass is 213 g/mol. The predicted octanol–water partition coefficient (Wildman–Crippen LogP) is 0.502. The maximum Gasteiger partial charge on any atom is 0.183 e. The number of thioether (sulfide) groups is 1. The lowest BCUT2D eigenvalue weighted by molar-refractivity contribution is -0.120. The van der Waals surface area contributed by atoms with Crippen LogP contribution in [0.5, 0.6) is 0 Å². The average molecular weight is 213 g/mol. The maximum absolute atomic E-state index is 11.6. The molecule has 1 N–H and O–H groups in total. The normalized spacial score (nSPS) is 21.3. The van der Waals surface area contributed by atoms with Gasteiger partial charge in [-0.05, 0) is 6.42 Å². The molecule has 0 bridgehead atoms. The van der Waals surface area contributed by atoms with Gasteiger partial charge in [-0.1, -0.05) is 11.8 Å². The van der Waals surface area contributed by atoms with Crippen LogP contribution in [0.25, 0.3) is 0 Å². The van der Waals surface area contributed by atoms with Crippen LogP contribution in [0, 0.1) is 5.92 Å². The second-order valence-electron chi connectivity index (χ2n) is 3.11. The van der Waals surface area contributed by atoms with E-state index in [0.29, 0.717) is 24.1 Å². The highest BCUT2D eigenvalue weighted by Gasteiger charge is 2.23. The molecule has 1 unspecified atom stereocenters. The lowest BCUT2D eigenvalue weighted by Gasteiger charge is -2.03. The Balaban J connectivity index is 1.77. The fourth-order valence-electron chi connectivity index (χ4n) is 1.31. The van der Waals surface area contributed by atoms with Crippen molar-refractivity contribution in [2.45, 2.75) is 11.6 Å². The molecule has 1 atom stereocenters. The Morgan fingerprint density at radius 1 is 1.79 bits per heavy atom. The fourth-order valence-corrected chi connectivity index (χ4v) is 2.06. The van der Waals surface area contributed by atoms with Gasteiger partial charge in [0.25, 0.3) is 0 Å². The number of ketones is 1. The molecule has 1 aromatic heterocycles. The molecule has 0 aliphatic carbocycles. The van der Waals surface area contributed by atoms with Gasteiger partial charge in [0.2, 0.25) is 0 Å². The Labute approximate surface area is 85.6 Å². The first-order valence-electron chi connectivity index (χ1n) is 4.45. The number of aromatic amines is 1. The second kappa shape index (κ2) is 4.56. The standard InChI is InChI=1S/C8H11N3O2S/c12-7(6-1-2-13-3-6)4-14-8-9-5-10-11-8/h5-6H,1-4H2,(H,9,10,11). The van der Waals surface area contributed by atoms with Gasteiger partial charge in [0.15, 0.2) is 5.16 Å². The summed E-state index contributed by atoms with van der Waals surface area (Å²) in [7, 11) is 0. The van der Waals surface area contributed by atoms with Crippen LogP contribution in [0.3, 0.4) is 0 Å². The number of nitrogens with one attached hydrogen (secondary N) is 1. The predicted molar refractivity (Wildman–Crippen MR) is 51.0 cm³/mol. The molecule has 0 saturated carbocycles. The molecule has 2 rings (SSSR count). The highest BCUT2D eigenvalue weighted by atomic mass is 32.2. The van der Waals surface area contributed by atoms with E-state index in [4.69, 9.17) is 4.74 Å². The van der Waals surface area contributed by atoms with Gasteiger partial charge >= 0.3 is 0 Å². The average Bonchev–Trinajstić information content (AvgIpc) is 2.87. The third-order valence-corrected chi connectivity index (χ3v) is 3.03. The second-order valence-corrected chi connectivity index (χ2v) is 4.07. The summed E-state index contributed by atoms with van der Waals surface area (Å²) in [6.45, 7) is 1.29. The molecule has 2 heterocycles. The van der Waals surface area contributed by atoms with Crippen LogP contribution in [-0.2, 0) is 9.53 Å². The highest BCUT2D eigenvalue weighted by molar-refractivity contribution is 7.99. The summed E-state index contributed by atoms with van der Waals surface area (Å²) in [6, 6.07) is 0. The summed E-state index contributed by atoms with van der Waals surface area (Å²) < 4.78 is 5.15. The molecule has 14 heavy (non-hydrogen) atoms. The number of hydrogen-bond donors (Lipinski definition) is 1. The maximum atomic E-state index is 11.6. The third kappa shape index (κ3) is 2.33. The summed E-state index contributed by atoms with van der Waals surface area (Å²) in [5.41, 5.74) is 0. The van der Waals surface area contributed by atoms with Gasteiger partial charge in [-0.15, -0.1) is 0 Å². The van der Waals surface area contributed by atoms with E-state index < -0.39 is 0 Å². The summed E-state index contributed by atoms with van der Waals surface area (Å²) in [6.07, 6.45) is 2.29. The van der Waals surface area contributed by atoms with E-state index in [1.165, 1.54) is 18.1 Å². The van der Waals surface area contributed by atoms with Crippen LogP contribution in [0.1, 0.15) is 6.42 Å². The summed E-state index contributed by atoms with van der Waals surface area (Å²) in [5, 5.41) is 7.10. The van der Waals surface area contributed by atoms with Gasteiger partial charge in [0.05, 0.1) is 12.4 Å². The molecule has 1 aromatic rings. The Kier molecular flexibility index (Phi) is 3.15. The molecular formula is C8H11N3O2S. The van der Waals surface area contributed by atoms with Crippen LogP contribution >= 0.6 is 11.8 Å². The minimum Gasteiger partial charge on any atom is -0.381 e. The van der Waals surface area contributed by atoms with Crippen molar-refractivity contribution >= 4 is 17.5 Å². The van der Waals surface area contributed by atoms with Gasteiger partial charge in [0.1, 0.15) is 12.1 Å². The Hall–Kier alpha value is -0.880. The van der Waals surface area contributed by atoms with Gasteiger partial charge < -0.3 is 4.74 Å². The van der Waals surface area contributed by atoms with E-state index in [2.05, 4.69) is 15.2 Å². The number of Topliss-reactive ketones (excluding diaryl/α,β-unsaturated/α-hetero) is 1. The van der Waals surface area contributed by atoms with E-state index in [1.807, 2.05) is 0 Å². The summed E-state index contributed by atoms with van der Waals surface area (Å²) in [4.78, 5) is 15.5. The molecule has 1 fully saturated rings. The zero-order valence-electron chi connectivity index (χ0n) is 7.60. The van der Waals surface area contributed by atoms with Crippen LogP contribution in [0.15, 0.2) is 11.5 Å². The zero-order chi connectivity index (χ0) is 9.80. The van der Waals surface area contributed by atoms with Gasteiger partial charge in [0, 0.05) is 12.5 Å². The smallest absolute Gasteiger partial charge is 0.183 e. The number of carbonyl (C=O) groups is 1. The van der Waals surface area contributed by atoms with Crippen LogP contribution in [0.4, 0.5) is 0 Å². The highest BCUT2D eigenvalue weighted by Crippen LogP contribution is 2.18. The largest absolute Gasteiger partial charge is 0.381 e. The molecule has 0 spiro atoms. The van der Waals surface area contributed by atoms with Crippen LogP contribution < -0.4 is 0 Å². The number of ether oxygens (including phenoxy) is 1. The number of aromatic nitrogens is 3. The van der Waals surface area contributed by atoms with Crippen molar-refractivity contribution in [2.24, 2.45) is 5.92 Å². The Bertz CT molecular complexity index is 296. The molecule has 76 valence electrons. The number of rotatable bonds is 4. The van der Waals surface area contributed by atoms with Crippen molar-refractivity contribution in [1.82, 2.24) is 15.2 Å². The van der Waals surface area contributed by atoms with E-state index in [0.717, 1.165) is 6.42 Å². The molecule has 1 saturated heterocycles. The molecule has 0 radical (unpaired) electrons. The van der Waals surface area contributed by atoms with Crippen LogP contribution in [-0.4, -0.2) is 39.9 Å². The van der Waals surface area contributed by atoms with Crippen molar-refractivity contribution in [3.8, 4) is 0 Å². The first kappa shape index (κ1) is 9.67. The topological polar surface area (TPSA) is 67.9 Å². The molecule has 6 heteroatoms. The van der Waals surface area contributed by atoms with Crippen molar-refractivity contribution < 1.29 is 9.53 Å². The number of nitrogens with zero attached hydrogens (tertiary/aromatic N) is 2. The molecule has 0 aromatic carbocycles. The molecular weight excluding hydrogens is 202 g/mol. The quantitative estimate of drug-likeness (QED) is 0.738. The first-order valence-corrected chi connectivity index (χ1v) is 5.43. The lowest BCUT2D eigenvalue weighted by atomic mass is 10.1. The molecule has 5 nitrogen and oxygen atoms in total. The van der Waals surface area contributed by atoms with E-state index in [9.17, 15) is 4.79 Å². The SMILES string of the molecule is O=C(CSc1ncn[nH]1)C1CCOC1. The molecule has 0 amide bonds. The Morgan fingerprint density at radius 2 is 2.71 bits per heavy atom. The Morgan fingerprint density at radius 3 is 3.36 bits per heavy atom. The number of H-pyrrole nitrogens is 1. The van der Waals surface area contributed by atoms with E-state index >= 15 is 0 Å². The van der Waals surface area contributed by atoms with Gasteiger partial charge in [-0.3, -0.25) is 9.89 Å². The molecule has 1 aliphatic rings. The summed E-state index contributed by atoms with van der Waals surface area (Å²) in [5.74, 6) is 0.776. The van der Waals surface area contributed by atoms with E-state index in [-0.39, 0.29) is 11.7 Å². The van der Waals surface area contributed by atoms with Gasteiger partial charge in [-0.25, -0.2) is 4.98 Å². The minimum absolute atomic E-state index is 0.0884. The van der Waals surface area contributed by atoms with Gasteiger partial charge in [-0.2, -0.15) is 5.10 Å². The number of carbonyl (C=O) groups excluding carboxylic acids is 1. The minimum atomic E-state index is 0.0884. The van der Waals surface area contributed by atoms with E-state index in [1.54, 1.807) is 0 Å². The fraction of sp³-hybridized carbons (Fsp3) is 0.625. The zero-order valence-corrected chi connectivity index (χ0v) is 8.42. The first-order chi connectivity index (χ1) is 6.86. The van der Waals surface area contributed by atoms with Crippen molar-refractivity contribution in [2.75, 3.05) is 19.0 Å².